The number of ether oxygens (including phenoxy) is 1. The predicted octanol–water partition coefficient (Wildman–Crippen LogP) is 4.91. The second-order valence-electron chi connectivity index (χ2n) is 5.42. The van der Waals surface area contributed by atoms with Crippen molar-refractivity contribution in [2.45, 2.75) is 20.1 Å². The molecule has 3 rings (SSSR count). The second-order valence-corrected chi connectivity index (χ2v) is 8.14. The molecule has 0 atom stereocenters. The van der Waals surface area contributed by atoms with Crippen LogP contribution < -0.4 is 5.32 Å². The number of benzene rings is 1. The van der Waals surface area contributed by atoms with Crippen LogP contribution in [0, 0.1) is 6.92 Å². The summed E-state index contributed by atoms with van der Waals surface area (Å²) >= 11 is 8.83. The highest BCUT2D eigenvalue weighted by Gasteiger charge is 2.17. The minimum atomic E-state index is -0.115. The third kappa shape index (κ3) is 4.27. The lowest BCUT2D eigenvalue weighted by Crippen LogP contribution is -2.23. The maximum absolute atomic E-state index is 12.6. The monoisotopic (exact) mass is 392 g/mol. The third-order valence-corrected chi connectivity index (χ3v) is 6.20. The van der Waals surface area contributed by atoms with E-state index in [0.717, 1.165) is 26.7 Å². The lowest BCUT2D eigenvalue weighted by Gasteiger charge is -2.09. The number of halogens is 1. The van der Waals surface area contributed by atoms with Crippen LogP contribution in [-0.4, -0.2) is 18.0 Å². The Morgan fingerprint density at radius 3 is 2.64 bits per heavy atom. The third-order valence-electron chi connectivity index (χ3n) is 3.64. The van der Waals surface area contributed by atoms with Crippen LogP contribution in [0.4, 0.5) is 0 Å². The average molecular weight is 393 g/mol. The minimum Gasteiger partial charge on any atom is -0.380 e. The first-order valence-electron chi connectivity index (χ1n) is 7.65. The Bertz CT molecular complexity index is 889. The van der Waals surface area contributed by atoms with E-state index >= 15 is 0 Å². The van der Waals surface area contributed by atoms with Crippen LogP contribution in [0.2, 0.25) is 4.34 Å². The highest BCUT2D eigenvalue weighted by atomic mass is 35.5. The molecular weight excluding hydrogens is 376 g/mol. The average Bonchev–Trinajstić information content (AvgIpc) is 3.20. The predicted molar refractivity (Wildman–Crippen MR) is 103 cm³/mol. The molecular formula is C18H17ClN2O2S2. The van der Waals surface area contributed by atoms with E-state index in [1.54, 1.807) is 7.11 Å². The van der Waals surface area contributed by atoms with Gasteiger partial charge in [0.2, 0.25) is 0 Å². The fourth-order valence-electron chi connectivity index (χ4n) is 2.42. The molecule has 0 radical (unpaired) electrons. The topological polar surface area (TPSA) is 51.2 Å². The number of nitrogens with one attached hydrogen (secondary N) is 1. The van der Waals surface area contributed by atoms with Gasteiger partial charge in [0.1, 0.15) is 9.88 Å². The summed E-state index contributed by atoms with van der Waals surface area (Å²) in [6, 6.07) is 11.7. The summed E-state index contributed by atoms with van der Waals surface area (Å²) in [6.07, 6.45) is 0. The largest absolute Gasteiger partial charge is 0.380 e. The van der Waals surface area contributed by atoms with Gasteiger partial charge in [0.25, 0.3) is 5.91 Å². The van der Waals surface area contributed by atoms with Gasteiger partial charge < -0.3 is 10.1 Å². The smallest absolute Gasteiger partial charge is 0.263 e. The molecule has 0 fully saturated rings. The lowest BCUT2D eigenvalue weighted by atomic mass is 10.1. The molecule has 1 amide bonds. The van der Waals surface area contributed by atoms with E-state index < -0.39 is 0 Å². The zero-order valence-corrected chi connectivity index (χ0v) is 16.2. The fraction of sp³-hybridized carbons (Fsp3) is 0.222. The molecule has 0 aliphatic carbocycles. The van der Waals surface area contributed by atoms with Crippen molar-refractivity contribution in [3.05, 3.63) is 62.4 Å². The van der Waals surface area contributed by atoms with Gasteiger partial charge in [-0.1, -0.05) is 35.9 Å². The van der Waals surface area contributed by atoms with Gasteiger partial charge in [-0.3, -0.25) is 4.79 Å². The number of methoxy groups -OCH3 is 1. The maximum Gasteiger partial charge on any atom is 0.263 e. The lowest BCUT2D eigenvalue weighted by molar-refractivity contribution is 0.0953. The summed E-state index contributed by atoms with van der Waals surface area (Å²) in [5.74, 6) is -0.115. The Morgan fingerprint density at radius 2 is 1.96 bits per heavy atom. The molecule has 0 aliphatic rings. The highest BCUT2D eigenvalue weighted by molar-refractivity contribution is 7.24. The number of hydrogen-bond donors (Lipinski definition) is 1. The molecule has 2 aromatic heterocycles. The molecule has 0 aliphatic heterocycles. The van der Waals surface area contributed by atoms with Crippen molar-refractivity contribution in [1.29, 1.82) is 0 Å². The van der Waals surface area contributed by atoms with E-state index in [9.17, 15) is 4.79 Å². The van der Waals surface area contributed by atoms with E-state index in [0.29, 0.717) is 22.4 Å². The van der Waals surface area contributed by atoms with Crippen molar-refractivity contribution in [2.75, 3.05) is 7.11 Å². The van der Waals surface area contributed by atoms with Gasteiger partial charge in [0.05, 0.1) is 21.5 Å². The van der Waals surface area contributed by atoms with Gasteiger partial charge in [-0.25, -0.2) is 4.98 Å². The first kappa shape index (κ1) is 18.1. The number of thiazole rings is 1. The number of aromatic nitrogens is 1. The van der Waals surface area contributed by atoms with Crippen LogP contribution in [-0.2, 0) is 17.9 Å². The molecule has 0 saturated carbocycles. The number of nitrogens with zero attached hydrogens (tertiary/aromatic N) is 1. The zero-order chi connectivity index (χ0) is 17.8. The first-order chi connectivity index (χ1) is 12.1. The van der Waals surface area contributed by atoms with E-state index in [1.165, 1.54) is 22.7 Å². The van der Waals surface area contributed by atoms with Crippen molar-refractivity contribution in [1.82, 2.24) is 10.3 Å². The van der Waals surface area contributed by atoms with Crippen molar-refractivity contribution < 1.29 is 9.53 Å². The quantitative estimate of drug-likeness (QED) is 0.648. The Morgan fingerprint density at radius 1 is 1.20 bits per heavy atom. The van der Waals surface area contributed by atoms with Crippen LogP contribution in [0.15, 0.2) is 36.4 Å². The Balaban J connectivity index is 1.73. The van der Waals surface area contributed by atoms with E-state index in [-0.39, 0.29) is 5.91 Å². The summed E-state index contributed by atoms with van der Waals surface area (Å²) < 4.78 is 5.91. The zero-order valence-electron chi connectivity index (χ0n) is 13.8. The molecule has 1 N–H and O–H groups in total. The summed E-state index contributed by atoms with van der Waals surface area (Å²) in [5, 5.41) is 3.80. The Hall–Kier alpha value is -1.73. The Kier molecular flexibility index (Phi) is 5.86. The molecule has 3 aromatic rings. The molecule has 0 unspecified atom stereocenters. The van der Waals surface area contributed by atoms with Crippen LogP contribution in [0.25, 0.3) is 9.88 Å². The van der Waals surface area contributed by atoms with Crippen molar-refractivity contribution in [3.8, 4) is 9.88 Å². The molecule has 0 bridgehead atoms. The highest BCUT2D eigenvalue weighted by Crippen LogP contribution is 2.34. The van der Waals surface area contributed by atoms with Gasteiger partial charge in [-0.2, -0.15) is 0 Å². The SMILES string of the molecule is COCc1ccccc1CNC(=O)c1sc(-c2ccc(Cl)s2)nc1C. The number of hydrogen-bond acceptors (Lipinski definition) is 5. The number of carbonyl (C=O) groups excluding carboxylic acids is 1. The summed E-state index contributed by atoms with van der Waals surface area (Å²) in [7, 11) is 1.66. The molecule has 0 saturated heterocycles. The minimum absolute atomic E-state index is 0.115. The normalized spacial score (nSPS) is 10.8. The van der Waals surface area contributed by atoms with Gasteiger partial charge in [-0.15, -0.1) is 22.7 Å². The van der Waals surface area contributed by atoms with Gasteiger partial charge in [0.15, 0.2) is 0 Å². The molecule has 4 nitrogen and oxygen atoms in total. The van der Waals surface area contributed by atoms with E-state index in [1.807, 2.05) is 43.3 Å². The number of carbonyl (C=O) groups is 1. The van der Waals surface area contributed by atoms with Crippen molar-refractivity contribution in [3.63, 3.8) is 0 Å². The van der Waals surface area contributed by atoms with Crippen molar-refractivity contribution >= 4 is 40.2 Å². The van der Waals surface area contributed by atoms with E-state index in [4.69, 9.17) is 16.3 Å². The number of rotatable bonds is 6. The van der Waals surface area contributed by atoms with Gasteiger partial charge in [0, 0.05) is 13.7 Å². The Labute approximate surface area is 159 Å². The second kappa shape index (κ2) is 8.10. The number of amides is 1. The first-order valence-corrected chi connectivity index (χ1v) is 9.66. The van der Waals surface area contributed by atoms with E-state index in [2.05, 4.69) is 10.3 Å². The molecule has 0 spiro atoms. The van der Waals surface area contributed by atoms with Crippen LogP contribution in [0.5, 0.6) is 0 Å². The maximum atomic E-state index is 12.6. The standard InChI is InChI=1S/C18H17ClN2O2S2/c1-11-16(25-18(21-11)14-7-8-15(19)24-14)17(22)20-9-12-5-3-4-6-13(12)10-23-2/h3-8H,9-10H2,1-2H3,(H,20,22). The van der Waals surface area contributed by atoms with Crippen LogP contribution >= 0.6 is 34.3 Å². The fourth-order valence-corrected chi connectivity index (χ4v) is 4.50. The molecule has 130 valence electrons. The molecule has 7 heteroatoms. The summed E-state index contributed by atoms with van der Waals surface area (Å²) in [6.45, 7) is 2.83. The molecule has 1 aromatic carbocycles. The van der Waals surface area contributed by atoms with Crippen LogP contribution in [0.3, 0.4) is 0 Å². The summed E-state index contributed by atoms with van der Waals surface area (Å²) in [5.41, 5.74) is 2.84. The summed E-state index contributed by atoms with van der Waals surface area (Å²) in [4.78, 5) is 18.7. The number of thiophene rings is 1. The molecule has 2 heterocycles. The number of aryl methyl sites for hydroxylation is 1. The molecule has 25 heavy (non-hydrogen) atoms. The van der Waals surface area contributed by atoms with Crippen LogP contribution in [0.1, 0.15) is 26.5 Å². The van der Waals surface area contributed by atoms with Gasteiger partial charge >= 0.3 is 0 Å². The van der Waals surface area contributed by atoms with Crippen molar-refractivity contribution in [2.24, 2.45) is 0 Å². The van der Waals surface area contributed by atoms with Gasteiger partial charge in [-0.05, 0) is 30.2 Å².